The fraction of sp³-hybridized carbons (Fsp3) is 0.515. The zero-order valence-electron chi connectivity index (χ0n) is 25.6. The first-order valence-corrected chi connectivity index (χ1v) is 15.7. The van der Waals surface area contributed by atoms with E-state index in [0.717, 1.165) is 60.4 Å². The SMILES string of the molecule is C=CC(=O)N1CCN(c2nc(=O)n(-c3c(CC)cccc3CC)c3nc(N4CCC(CC(C)C)C4)c(Cl)cc23)[C@@H](C)C1. The minimum atomic E-state index is -0.357. The van der Waals surface area contributed by atoms with Gasteiger partial charge in [-0.25, -0.2) is 14.3 Å². The molecule has 224 valence electrons. The molecule has 2 aromatic heterocycles. The molecule has 1 amide bonds. The van der Waals surface area contributed by atoms with E-state index in [1.807, 2.05) is 13.0 Å². The Morgan fingerprint density at radius 3 is 2.43 bits per heavy atom. The largest absolute Gasteiger partial charge is 0.355 e. The van der Waals surface area contributed by atoms with E-state index in [4.69, 9.17) is 21.6 Å². The Balaban J connectivity index is 1.70. The number of nitrogens with zero attached hydrogens (tertiary/aromatic N) is 6. The van der Waals surface area contributed by atoms with Gasteiger partial charge in [0.1, 0.15) is 11.6 Å². The van der Waals surface area contributed by atoms with Crippen LogP contribution in [0.4, 0.5) is 11.6 Å². The fourth-order valence-corrected chi connectivity index (χ4v) is 7.00. The zero-order chi connectivity index (χ0) is 30.1. The molecular formula is C33H43ClN6O2. The van der Waals surface area contributed by atoms with E-state index >= 15 is 0 Å². The van der Waals surface area contributed by atoms with Gasteiger partial charge in [-0.3, -0.25) is 4.79 Å². The molecule has 3 aromatic rings. The molecule has 0 spiro atoms. The van der Waals surface area contributed by atoms with Gasteiger partial charge in [-0.05, 0) is 67.7 Å². The Kier molecular flexibility index (Phi) is 8.92. The van der Waals surface area contributed by atoms with Crippen LogP contribution in [0.25, 0.3) is 16.7 Å². The Morgan fingerprint density at radius 2 is 1.81 bits per heavy atom. The maximum absolute atomic E-state index is 14.1. The van der Waals surface area contributed by atoms with Crippen molar-refractivity contribution in [2.24, 2.45) is 11.8 Å². The van der Waals surface area contributed by atoms with Gasteiger partial charge in [0.25, 0.3) is 0 Å². The third kappa shape index (κ3) is 5.65. The molecule has 2 saturated heterocycles. The number of carbonyl (C=O) groups excluding carboxylic acids is 1. The minimum Gasteiger partial charge on any atom is -0.355 e. The number of benzene rings is 1. The Bertz CT molecular complexity index is 1530. The van der Waals surface area contributed by atoms with Crippen LogP contribution in [-0.4, -0.2) is 64.1 Å². The summed E-state index contributed by atoms with van der Waals surface area (Å²) >= 11 is 7.02. The summed E-state index contributed by atoms with van der Waals surface area (Å²) in [6, 6.07) is 8.09. The predicted molar refractivity (Wildman–Crippen MR) is 172 cm³/mol. The van der Waals surface area contributed by atoms with E-state index in [9.17, 15) is 9.59 Å². The topological polar surface area (TPSA) is 74.6 Å². The van der Waals surface area contributed by atoms with Crippen LogP contribution in [0.3, 0.4) is 0 Å². The highest BCUT2D eigenvalue weighted by molar-refractivity contribution is 6.33. The number of aromatic nitrogens is 3. The van der Waals surface area contributed by atoms with Crippen LogP contribution < -0.4 is 15.5 Å². The van der Waals surface area contributed by atoms with Crippen molar-refractivity contribution in [2.45, 2.75) is 66.3 Å². The molecule has 0 radical (unpaired) electrons. The van der Waals surface area contributed by atoms with Crippen LogP contribution in [0.5, 0.6) is 0 Å². The van der Waals surface area contributed by atoms with E-state index in [1.54, 1.807) is 9.47 Å². The van der Waals surface area contributed by atoms with Crippen LogP contribution >= 0.6 is 11.6 Å². The van der Waals surface area contributed by atoms with Crippen molar-refractivity contribution in [3.8, 4) is 5.69 Å². The lowest BCUT2D eigenvalue weighted by Gasteiger charge is -2.40. The lowest BCUT2D eigenvalue weighted by molar-refractivity contribution is -0.126. The summed E-state index contributed by atoms with van der Waals surface area (Å²) in [5, 5.41) is 1.30. The first kappa shape index (κ1) is 30.1. The van der Waals surface area contributed by atoms with Crippen molar-refractivity contribution < 1.29 is 4.79 Å². The van der Waals surface area contributed by atoms with Crippen molar-refractivity contribution in [3.63, 3.8) is 0 Å². The number of para-hydroxylation sites is 1. The number of amides is 1. The minimum absolute atomic E-state index is 0.0587. The average molecular weight is 591 g/mol. The van der Waals surface area contributed by atoms with Crippen molar-refractivity contribution in [2.75, 3.05) is 42.5 Å². The maximum Gasteiger partial charge on any atom is 0.355 e. The normalized spacial score (nSPS) is 19.3. The van der Waals surface area contributed by atoms with E-state index < -0.39 is 0 Å². The lowest BCUT2D eigenvalue weighted by Crippen LogP contribution is -2.54. The van der Waals surface area contributed by atoms with E-state index in [1.165, 1.54) is 12.5 Å². The van der Waals surface area contributed by atoms with Crippen LogP contribution in [0.15, 0.2) is 41.7 Å². The van der Waals surface area contributed by atoms with Crippen LogP contribution in [-0.2, 0) is 17.6 Å². The first-order chi connectivity index (χ1) is 20.2. The van der Waals surface area contributed by atoms with Crippen molar-refractivity contribution in [1.29, 1.82) is 0 Å². The molecule has 8 nitrogen and oxygen atoms in total. The number of pyridine rings is 1. The van der Waals surface area contributed by atoms with E-state index in [0.29, 0.717) is 48.0 Å². The lowest BCUT2D eigenvalue weighted by atomic mass is 9.97. The smallest absolute Gasteiger partial charge is 0.355 e. The monoisotopic (exact) mass is 590 g/mol. The van der Waals surface area contributed by atoms with Crippen molar-refractivity contribution in [1.82, 2.24) is 19.4 Å². The molecule has 4 heterocycles. The van der Waals surface area contributed by atoms with Gasteiger partial charge in [0.05, 0.1) is 16.1 Å². The van der Waals surface area contributed by atoms with Crippen molar-refractivity contribution in [3.05, 3.63) is 63.6 Å². The van der Waals surface area contributed by atoms with Gasteiger partial charge in [0.15, 0.2) is 5.65 Å². The van der Waals surface area contributed by atoms with Crippen LogP contribution in [0.1, 0.15) is 58.6 Å². The van der Waals surface area contributed by atoms with Crippen LogP contribution in [0, 0.1) is 11.8 Å². The molecule has 2 aliphatic rings. The Labute approximate surface area is 254 Å². The summed E-state index contributed by atoms with van der Waals surface area (Å²) in [6.07, 6.45) is 5.18. The number of piperazine rings is 1. The number of hydrogen-bond acceptors (Lipinski definition) is 6. The molecule has 9 heteroatoms. The first-order valence-electron chi connectivity index (χ1n) is 15.3. The zero-order valence-corrected chi connectivity index (χ0v) is 26.3. The van der Waals surface area contributed by atoms with Gasteiger partial charge >= 0.3 is 5.69 Å². The predicted octanol–water partition coefficient (Wildman–Crippen LogP) is 5.65. The number of rotatable bonds is 8. The van der Waals surface area contributed by atoms with Gasteiger partial charge in [0, 0.05) is 38.8 Å². The fourth-order valence-electron chi connectivity index (χ4n) is 6.73. The summed E-state index contributed by atoms with van der Waals surface area (Å²) < 4.78 is 1.71. The summed E-state index contributed by atoms with van der Waals surface area (Å²) in [5.74, 6) is 2.43. The van der Waals surface area contributed by atoms with E-state index in [2.05, 4.69) is 62.3 Å². The molecule has 0 bridgehead atoms. The second-order valence-corrected chi connectivity index (χ2v) is 12.5. The molecule has 42 heavy (non-hydrogen) atoms. The highest BCUT2D eigenvalue weighted by atomic mass is 35.5. The molecule has 1 unspecified atom stereocenters. The summed E-state index contributed by atoms with van der Waals surface area (Å²) in [7, 11) is 0. The summed E-state index contributed by atoms with van der Waals surface area (Å²) in [5.41, 5.74) is 3.24. The highest BCUT2D eigenvalue weighted by Crippen LogP contribution is 2.37. The molecule has 5 rings (SSSR count). The van der Waals surface area contributed by atoms with Gasteiger partial charge in [0.2, 0.25) is 5.91 Å². The number of hydrogen-bond donors (Lipinski definition) is 0. The second-order valence-electron chi connectivity index (χ2n) is 12.1. The third-order valence-electron chi connectivity index (χ3n) is 8.75. The molecular weight excluding hydrogens is 548 g/mol. The quantitative estimate of drug-likeness (QED) is 0.315. The van der Waals surface area contributed by atoms with Gasteiger partial charge < -0.3 is 14.7 Å². The van der Waals surface area contributed by atoms with Gasteiger partial charge in [-0.1, -0.05) is 64.1 Å². The van der Waals surface area contributed by atoms with E-state index in [-0.39, 0.29) is 17.6 Å². The number of carbonyl (C=O) groups is 1. The molecule has 0 saturated carbocycles. The highest BCUT2D eigenvalue weighted by Gasteiger charge is 2.31. The third-order valence-corrected chi connectivity index (χ3v) is 9.03. The van der Waals surface area contributed by atoms with Gasteiger partial charge in [-0.15, -0.1) is 0 Å². The molecule has 2 atom stereocenters. The summed E-state index contributed by atoms with van der Waals surface area (Å²) in [4.78, 5) is 42.5. The van der Waals surface area contributed by atoms with Crippen LogP contribution in [0.2, 0.25) is 5.02 Å². The standard InChI is InChI=1S/C33H43ClN6O2/c1-7-24-11-10-12-25(8-2)29(24)40-31-26(18-27(34)32(35-31)38-14-13-23(20-38)17-21(4)5)30(36-33(40)42)39-16-15-37(19-22(39)6)28(41)9-3/h9-12,18,21-23H,3,7-8,13-17,19-20H2,1-2,4-6H3/t22-,23?/m0/s1. The second kappa shape index (κ2) is 12.5. The Morgan fingerprint density at radius 1 is 1.10 bits per heavy atom. The number of aryl methyl sites for hydroxylation is 2. The maximum atomic E-state index is 14.1. The average Bonchev–Trinajstić information content (AvgIpc) is 3.43. The summed E-state index contributed by atoms with van der Waals surface area (Å²) in [6.45, 7) is 17.8. The molecule has 1 aromatic carbocycles. The van der Waals surface area contributed by atoms with Crippen molar-refractivity contribution >= 4 is 40.2 Å². The van der Waals surface area contributed by atoms with Gasteiger partial charge in [-0.2, -0.15) is 4.98 Å². The Hall–Kier alpha value is -3.39. The molecule has 2 aliphatic heterocycles. The number of fused-ring (bicyclic) bond motifs is 1. The molecule has 0 aliphatic carbocycles. The number of halogens is 1. The molecule has 2 fully saturated rings. The number of anilines is 2. The molecule has 0 N–H and O–H groups in total.